The first kappa shape index (κ1) is 15.0. The van der Waals surface area contributed by atoms with Crippen molar-refractivity contribution in [1.29, 1.82) is 0 Å². The van der Waals surface area contributed by atoms with E-state index in [1.54, 1.807) is 17.5 Å². The van der Waals surface area contributed by atoms with Gasteiger partial charge in [0.05, 0.1) is 16.9 Å². The van der Waals surface area contributed by atoms with Crippen molar-refractivity contribution in [3.8, 4) is 10.6 Å². The fourth-order valence-corrected chi connectivity index (χ4v) is 4.18. The monoisotopic (exact) mass is 351 g/mol. The second-order valence-corrected chi connectivity index (χ2v) is 7.05. The van der Waals surface area contributed by atoms with E-state index in [2.05, 4.69) is 15.3 Å². The summed E-state index contributed by atoms with van der Waals surface area (Å²) >= 11 is 3.04. The highest BCUT2D eigenvalue weighted by atomic mass is 32.1. The average Bonchev–Trinajstić information content (AvgIpc) is 3.24. The Morgan fingerprint density at radius 3 is 2.92 bits per heavy atom. The van der Waals surface area contributed by atoms with Crippen LogP contribution in [0.15, 0.2) is 53.4 Å². The molecule has 1 aromatic carbocycles. The topological polar surface area (TPSA) is 54.9 Å². The molecule has 0 saturated carbocycles. The first-order chi connectivity index (χ1) is 11.7. The molecule has 4 rings (SSSR count). The highest BCUT2D eigenvalue weighted by Crippen LogP contribution is 2.30. The Bertz CT molecular complexity index is 1020. The number of amides is 1. The number of pyridine rings is 1. The van der Waals surface area contributed by atoms with Crippen molar-refractivity contribution in [3.05, 3.63) is 63.9 Å². The quantitative estimate of drug-likeness (QED) is 0.566. The number of fused-ring (bicyclic) bond motifs is 1. The molecule has 0 saturated heterocycles. The maximum absolute atomic E-state index is 12.7. The van der Waals surface area contributed by atoms with Crippen LogP contribution >= 0.6 is 22.7 Å². The maximum atomic E-state index is 12.7. The molecule has 118 valence electrons. The molecule has 0 aliphatic heterocycles. The number of aromatic nitrogens is 2. The molecule has 0 fully saturated rings. The van der Waals surface area contributed by atoms with E-state index >= 15 is 0 Å². The molecule has 4 aromatic rings. The SMILES string of the molecule is Cc1nc(-c2ccsc2)sc1C(=O)Nc1cccc2ncccc12. The minimum Gasteiger partial charge on any atom is -0.321 e. The van der Waals surface area contributed by atoms with Gasteiger partial charge < -0.3 is 5.32 Å². The Balaban J connectivity index is 1.67. The van der Waals surface area contributed by atoms with Gasteiger partial charge in [-0.1, -0.05) is 6.07 Å². The van der Waals surface area contributed by atoms with Crippen molar-refractivity contribution < 1.29 is 4.79 Å². The molecule has 4 nitrogen and oxygen atoms in total. The predicted molar refractivity (Wildman–Crippen MR) is 99.9 cm³/mol. The maximum Gasteiger partial charge on any atom is 0.267 e. The third kappa shape index (κ3) is 2.70. The summed E-state index contributed by atoms with van der Waals surface area (Å²) in [6.07, 6.45) is 1.74. The predicted octanol–water partition coefficient (Wildman–Crippen LogP) is 4.98. The van der Waals surface area contributed by atoms with Gasteiger partial charge in [-0.3, -0.25) is 9.78 Å². The zero-order valence-electron chi connectivity index (χ0n) is 12.8. The number of anilines is 1. The molecule has 24 heavy (non-hydrogen) atoms. The zero-order chi connectivity index (χ0) is 16.5. The first-order valence-electron chi connectivity index (χ1n) is 7.37. The molecule has 0 radical (unpaired) electrons. The van der Waals surface area contributed by atoms with Gasteiger partial charge in [-0.15, -0.1) is 11.3 Å². The molecule has 1 N–H and O–H groups in total. The smallest absolute Gasteiger partial charge is 0.267 e. The Morgan fingerprint density at radius 1 is 1.17 bits per heavy atom. The van der Waals surface area contributed by atoms with Crippen LogP contribution in [0.4, 0.5) is 5.69 Å². The molecular formula is C18H13N3OS2. The molecule has 0 bridgehead atoms. The molecule has 0 aliphatic carbocycles. The van der Waals surface area contributed by atoms with E-state index < -0.39 is 0 Å². The summed E-state index contributed by atoms with van der Waals surface area (Å²) < 4.78 is 0. The number of carbonyl (C=O) groups excluding carboxylic acids is 1. The minimum absolute atomic E-state index is 0.136. The molecule has 0 aliphatic rings. The minimum atomic E-state index is -0.136. The Labute approximate surface area is 146 Å². The van der Waals surface area contributed by atoms with Gasteiger partial charge in [0.25, 0.3) is 5.91 Å². The number of benzene rings is 1. The first-order valence-corrected chi connectivity index (χ1v) is 9.13. The van der Waals surface area contributed by atoms with E-state index in [1.807, 2.05) is 54.1 Å². The number of thiophene rings is 1. The number of carbonyl (C=O) groups is 1. The molecule has 6 heteroatoms. The number of hydrogen-bond acceptors (Lipinski definition) is 5. The van der Waals surface area contributed by atoms with Gasteiger partial charge in [0.15, 0.2) is 0 Å². The highest BCUT2D eigenvalue weighted by Gasteiger charge is 2.17. The Morgan fingerprint density at radius 2 is 2.08 bits per heavy atom. The molecular weight excluding hydrogens is 338 g/mol. The number of aryl methyl sites for hydroxylation is 1. The van der Waals surface area contributed by atoms with Crippen LogP contribution in [-0.2, 0) is 0 Å². The standard InChI is InChI=1S/C18H13N3OS2/c1-11-16(24-18(20-11)12-7-9-23-10-12)17(22)21-15-6-2-5-14-13(15)4-3-8-19-14/h2-10H,1H3,(H,21,22). The van der Waals surface area contributed by atoms with Crippen LogP contribution in [-0.4, -0.2) is 15.9 Å². The fraction of sp³-hybridized carbons (Fsp3) is 0.0556. The van der Waals surface area contributed by atoms with Crippen LogP contribution in [0.3, 0.4) is 0 Å². The average molecular weight is 351 g/mol. The molecule has 0 atom stereocenters. The van der Waals surface area contributed by atoms with Crippen molar-refractivity contribution in [2.75, 3.05) is 5.32 Å². The van der Waals surface area contributed by atoms with Gasteiger partial charge in [0, 0.05) is 22.5 Å². The van der Waals surface area contributed by atoms with Crippen molar-refractivity contribution >= 4 is 45.2 Å². The van der Waals surface area contributed by atoms with Gasteiger partial charge in [-0.25, -0.2) is 4.98 Å². The van der Waals surface area contributed by atoms with Crippen molar-refractivity contribution in [2.24, 2.45) is 0 Å². The lowest BCUT2D eigenvalue weighted by atomic mass is 10.2. The van der Waals surface area contributed by atoms with E-state index in [0.717, 1.165) is 32.9 Å². The third-order valence-electron chi connectivity index (χ3n) is 3.66. The van der Waals surface area contributed by atoms with Crippen molar-refractivity contribution in [3.63, 3.8) is 0 Å². The zero-order valence-corrected chi connectivity index (χ0v) is 14.4. The normalized spacial score (nSPS) is 10.9. The summed E-state index contributed by atoms with van der Waals surface area (Å²) in [6, 6.07) is 11.5. The largest absolute Gasteiger partial charge is 0.321 e. The Hall–Kier alpha value is -2.57. The van der Waals surface area contributed by atoms with E-state index in [0.29, 0.717) is 4.88 Å². The van der Waals surface area contributed by atoms with Crippen LogP contribution in [0.2, 0.25) is 0 Å². The van der Waals surface area contributed by atoms with Crippen molar-refractivity contribution in [1.82, 2.24) is 9.97 Å². The summed E-state index contributed by atoms with van der Waals surface area (Å²) in [5.74, 6) is -0.136. The Kier molecular flexibility index (Phi) is 3.84. The van der Waals surface area contributed by atoms with E-state index in [4.69, 9.17) is 0 Å². The van der Waals surface area contributed by atoms with Crippen molar-refractivity contribution in [2.45, 2.75) is 6.92 Å². The van der Waals surface area contributed by atoms with Crippen LogP contribution in [0.25, 0.3) is 21.5 Å². The van der Waals surface area contributed by atoms with Gasteiger partial charge in [-0.2, -0.15) is 11.3 Å². The summed E-state index contributed by atoms with van der Waals surface area (Å²) in [6.45, 7) is 1.87. The van der Waals surface area contributed by atoms with Crippen LogP contribution < -0.4 is 5.32 Å². The molecule has 0 unspecified atom stereocenters. The van der Waals surface area contributed by atoms with Gasteiger partial charge in [0.1, 0.15) is 9.88 Å². The summed E-state index contributed by atoms with van der Waals surface area (Å²) in [7, 11) is 0. The summed E-state index contributed by atoms with van der Waals surface area (Å²) in [5, 5.41) is 8.84. The highest BCUT2D eigenvalue weighted by molar-refractivity contribution is 7.17. The lowest BCUT2D eigenvalue weighted by molar-refractivity contribution is 0.103. The molecule has 3 heterocycles. The number of thiazole rings is 1. The lowest BCUT2D eigenvalue weighted by Crippen LogP contribution is -2.11. The lowest BCUT2D eigenvalue weighted by Gasteiger charge is -2.07. The van der Waals surface area contributed by atoms with Crippen LogP contribution in [0.1, 0.15) is 15.4 Å². The fourth-order valence-electron chi connectivity index (χ4n) is 2.51. The number of nitrogens with one attached hydrogen (secondary N) is 1. The molecule has 0 spiro atoms. The second kappa shape index (κ2) is 6.14. The number of hydrogen-bond donors (Lipinski definition) is 1. The van der Waals surface area contributed by atoms with E-state index in [9.17, 15) is 4.79 Å². The molecule has 3 aromatic heterocycles. The summed E-state index contributed by atoms with van der Waals surface area (Å²) in [4.78, 5) is 22.2. The molecule has 1 amide bonds. The summed E-state index contributed by atoms with van der Waals surface area (Å²) in [5.41, 5.74) is 3.42. The van der Waals surface area contributed by atoms with Crippen LogP contribution in [0, 0.1) is 6.92 Å². The van der Waals surface area contributed by atoms with Gasteiger partial charge in [-0.05, 0) is 42.6 Å². The van der Waals surface area contributed by atoms with Gasteiger partial charge >= 0.3 is 0 Å². The van der Waals surface area contributed by atoms with Gasteiger partial charge in [0.2, 0.25) is 0 Å². The van der Waals surface area contributed by atoms with Crippen LogP contribution in [0.5, 0.6) is 0 Å². The second-order valence-electron chi connectivity index (χ2n) is 5.28. The third-order valence-corrected chi connectivity index (χ3v) is 5.55. The number of nitrogens with zero attached hydrogens (tertiary/aromatic N) is 2. The van der Waals surface area contributed by atoms with E-state index in [-0.39, 0.29) is 5.91 Å². The number of rotatable bonds is 3. The van der Waals surface area contributed by atoms with E-state index in [1.165, 1.54) is 11.3 Å².